The Bertz CT molecular complexity index is 840. The highest BCUT2D eigenvalue weighted by Crippen LogP contribution is 2.40. The van der Waals surface area contributed by atoms with Gasteiger partial charge in [-0.25, -0.2) is 4.68 Å². The first-order valence-corrected chi connectivity index (χ1v) is 7.75. The summed E-state index contributed by atoms with van der Waals surface area (Å²) < 4.78 is 1.67. The largest absolute Gasteiger partial charge is 0.326 e. The van der Waals surface area contributed by atoms with Crippen molar-refractivity contribution < 1.29 is 4.79 Å². The maximum Gasteiger partial charge on any atom is 0.273 e. The number of rotatable bonds is 2. The molecule has 0 saturated heterocycles. The van der Waals surface area contributed by atoms with Crippen LogP contribution in [0.25, 0.3) is 5.69 Å². The van der Waals surface area contributed by atoms with Crippen molar-refractivity contribution in [1.29, 1.82) is 0 Å². The highest BCUT2D eigenvalue weighted by atomic mass is 35.5. The van der Waals surface area contributed by atoms with Crippen LogP contribution in [0.1, 0.15) is 28.2 Å². The quantitative estimate of drug-likeness (QED) is 0.784. The van der Waals surface area contributed by atoms with Crippen molar-refractivity contribution in [3.63, 3.8) is 0 Å². The van der Waals surface area contributed by atoms with E-state index in [0.717, 1.165) is 28.9 Å². The molecule has 6 heteroatoms. The molecular formula is C16H13Cl2N3O. The molecule has 0 radical (unpaired) electrons. The summed E-state index contributed by atoms with van der Waals surface area (Å²) in [5.74, 6) is 0.00493. The van der Waals surface area contributed by atoms with E-state index >= 15 is 0 Å². The van der Waals surface area contributed by atoms with Crippen LogP contribution in [0.15, 0.2) is 30.4 Å². The van der Waals surface area contributed by atoms with Gasteiger partial charge in [-0.05, 0) is 31.5 Å². The lowest BCUT2D eigenvalue weighted by molar-refractivity contribution is 0.0763. The molecule has 2 heterocycles. The number of aryl methyl sites for hydroxylation is 1. The first-order chi connectivity index (χ1) is 10.5. The van der Waals surface area contributed by atoms with Crippen molar-refractivity contribution >= 4 is 29.1 Å². The molecule has 2 aliphatic rings. The molecule has 22 heavy (non-hydrogen) atoms. The molecule has 1 aliphatic carbocycles. The van der Waals surface area contributed by atoms with E-state index in [2.05, 4.69) is 11.7 Å². The van der Waals surface area contributed by atoms with Gasteiger partial charge in [0, 0.05) is 5.56 Å². The standard InChI is InChI=1S/C16H13Cl2N3O/c1-8-5-14(8)20-7-11-9(2)19-21(15(11)16(20)22)10-3-4-12(17)13(18)6-10/h3-4,6,14H,1,5,7H2,2H3. The number of benzene rings is 1. The molecule has 112 valence electrons. The average Bonchev–Trinajstić information content (AvgIpc) is 2.96. The van der Waals surface area contributed by atoms with E-state index in [-0.39, 0.29) is 11.9 Å². The Morgan fingerprint density at radius 1 is 1.32 bits per heavy atom. The molecule has 1 amide bonds. The van der Waals surface area contributed by atoms with Crippen LogP contribution in [-0.2, 0) is 6.54 Å². The number of halogens is 2. The van der Waals surface area contributed by atoms with Crippen LogP contribution in [0.5, 0.6) is 0 Å². The smallest absolute Gasteiger partial charge is 0.273 e. The van der Waals surface area contributed by atoms with Crippen molar-refractivity contribution in [3.05, 3.63) is 57.3 Å². The SMILES string of the molecule is C=C1CC1N1Cc2c(C)nn(-c3ccc(Cl)c(Cl)c3)c2C1=O. The number of aromatic nitrogens is 2. The van der Waals surface area contributed by atoms with Crippen LogP contribution >= 0.6 is 23.2 Å². The van der Waals surface area contributed by atoms with Crippen LogP contribution in [0.3, 0.4) is 0 Å². The van der Waals surface area contributed by atoms with Gasteiger partial charge in [-0.15, -0.1) is 0 Å². The first-order valence-electron chi connectivity index (χ1n) is 7.00. The second-order valence-electron chi connectivity index (χ2n) is 5.73. The number of amides is 1. The fourth-order valence-electron chi connectivity index (χ4n) is 2.92. The van der Waals surface area contributed by atoms with Gasteiger partial charge in [-0.2, -0.15) is 5.10 Å². The summed E-state index contributed by atoms with van der Waals surface area (Å²) in [7, 11) is 0. The van der Waals surface area contributed by atoms with Crippen LogP contribution in [-0.4, -0.2) is 26.6 Å². The Morgan fingerprint density at radius 3 is 2.68 bits per heavy atom. The second-order valence-corrected chi connectivity index (χ2v) is 6.55. The highest BCUT2D eigenvalue weighted by molar-refractivity contribution is 6.42. The molecule has 1 fully saturated rings. The number of nitrogens with zero attached hydrogens (tertiary/aromatic N) is 3. The minimum Gasteiger partial charge on any atom is -0.326 e. The van der Waals surface area contributed by atoms with Crippen molar-refractivity contribution in [1.82, 2.24) is 14.7 Å². The van der Waals surface area contributed by atoms with Gasteiger partial charge in [0.05, 0.1) is 34.0 Å². The Hall–Kier alpha value is -1.78. The molecule has 1 saturated carbocycles. The van der Waals surface area contributed by atoms with E-state index in [1.165, 1.54) is 0 Å². The first kappa shape index (κ1) is 13.9. The molecular weight excluding hydrogens is 321 g/mol. The van der Waals surface area contributed by atoms with Gasteiger partial charge >= 0.3 is 0 Å². The van der Waals surface area contributed by atoms with Crippen LogP contribution in [0.4, 0.5) is 0 Å². The fraction of sp³-hybridized carbons (Fsp3) is 0.250. The van der Waals surface area contributed by atoms with Crippen molar-refractivity contribution in [3.8, 4) is 5.69 Å². The van der Waals surface area contributed by atoms with Gasteiger partial charge in [0.1, 0.15) is 5.69 Å². The summed E-state index contributed by atoms with van der Waals surface area (Å²) in [4.78, 5) is 14.6. The lowest BCUT2D eigenvalue weighted by Crippen LogP contribution is -2.28. The minimum atomic E-state index is 0.00493. The number of carbonyl (C=O) groups excluding carboxylic acids is 1. The lowest BCUT2D eigenvalue weighted by atomic mass is 10.2. The molecule has 1 aromatic heterocycles. The third-order valence-corrected chi connectivity index (χ3v) is 5.01. The topological polar surface area (TPSA) is 38.1 Å². The zero-order valence-electron chi connectivity index (χ0n) is 11.9. The van der Waals surface area contributed by atoms with Crippen LogP contribution in [0.2, 0.25) is 10.0 Å². The van der Waals surface area contributed by atoms with Crippen molar-refractivity contribution in [2.45, 2.75) is 25.9 Å². The third kappa shape index (κ3) is 1.91. The molecule has 2 aromatic rings. The zero-order chi connectivity index (χ0) is 15.6. The number of hydrogen-bond acceptors (Lipinski definition) is 2. The summed E-state index contributed by atoms with van der Waals surface area (Å²) >= 11 is 12.0. The van der Waals surface area contributed by atoms with Gasteiger partial charge in [-0.1, -0.05) is 35.4 Å². The Kier molecular flexibility index (Phi) is 2.90. The van der Waals surface area contributed by atoms with Gasteiger partial charge < -0.3 is 4.90 Å². The number of carbonyl (C=O) groups is 1. The molecule has 0 N–H and O–H groups in total. The van der Waals surface area contributed by atoms with Gasteiger partial charge in [0.2, 0.25) is 0 Å². The van der Waals surface area contributed by atoms with Crippen molar-refractivity contribution in [2.24, 2.45) is 0 Å². The molecule has 1 atom stereocenters. The van der Waals surface area contributed by atoms with E-state index in [9.17, 15) is 4.79 Å². The Labute approximate surface area is 137 Å². The number of fused-ring (bicyclic) bond motifs is 1. The second kappa shape index (κ2) is 4.61. The third-order valence-electron chi connectivity index (χ3n) is 4.27. The highest BCUT2D eigenvalue weighted by Gasteiger charge is 2.44. The molecule has 0 spiro atoms. The molecule has 1 aliphatic heterocycles. The maximum absolute atomic E-state index is 12.7. The molecule has 0 bridgehead atoms. The Morgan fingerprint density at radius 2 is 2.05 bits per heavy atom. The van der Waals surface area contributed by atoms with E-state index in [1.807, 2.05) is 17.9 Å². The predicted molar refractivity (Wildman–Crippen MR) is 85.7 cm³/mol. The van der Waals surface area contributed by atoms with E-state index in [1.54, 1.807) is 16.8 Å². The normalized spacial score (nSPS) is 19.8. The fourth-order valence-corrected chi connectivity index (χ4v) is 3.21. The molecule has 1 unspecified atom stereocenters. The molecule has 4 nitrogen and oxygen atoms in total. The van der Waals surface area contributed by atoms with Crippen LogP contribution in [0, 0.1) is 6.92 Å². The summed E-state index contributed by atoms with van der Waals surface area (Å²) in [5, 5.41) is 5.43. The lowest BCUT2D eigenvalue weighted by Gasteiger charge is -2.15. The summed E-state index contributed by atoms with van der Waals surface area (Å²) in [6.45, 7) is 6.47. The van der Waals surface area contributed by atoms with E-state index in [4.69, 9.17) is 23.2 Å². The monoisotopic (exact) mass is 333 g/mol. The summed E-state index contributed by atoms with van der Waals surface area (Å²) in [6, 6.07) is 5.43. The summed E-state index contributed by atoms with van der Waals surface area (Å²) in [6.07, 6.45) is 0.898. The van der Waals surface area contributed by atoms with E-state index < -0.39 is 0 Å². The minimum absolute atomic E-state index is 0.00493. The predicted octanol–water partition coefficient (Wildman–Crippen LogP) is 3.77. The van der Waals surface area contributed by atoms with Gasteiger partial charge in [-0.3, -0.25) is 4.79 Å². The summed E-state index contributed by atoms with van der Waals surface area (Å²) in [5.41, 5.74) is 4.32. The maximum atomic E-state index is 12.7. The number of hydrogen-bond donors (Lipinski definition) is 0. The van der Waals surface area contributed by atoms with Gasteiger partial charge in [0.15, 0.2) is 0 Å². The molecule has 4 rings (SSSR count). The Balaban J connectivity index is 1.81. The average molecular weight is 334 g/mol. The van der Waals surface area contributed by atoms with Gasteiger partial charge in [0.25, 0.3) is 5.91 Å². The zero-order valence-corrected chi connectivity index (χ0v) is 13.4. The van der Waals surface area contributed by atoms with Crippen molar-refractivity contribution in [2.75, 3.05) is 0 Å². The van der Waals surface area contributed by atoms with Crippen LogP contribution < -0.4 is 0 Å². The van der Waals surface area contributed by atoms with E-state index in [0.29, 0.717) is 22.3 Å². The molecule has 1 aromatic carbocycles.